The molecule has 0 heterocycles. The van der Waals surface area contributed by atoms with Crippen molar-refractivity contribution in [3.63, 3.8) is 0 Å². The smallest absolute Gasteiger partial charge is 0.0949 e. The van der Waals surface area contributed by atoms with Gasteiger partial charge in [0.2, 0.25) is 0 Å². The van der Waals surface area contributed by atoms with Crippen LogP contribution in [0.2, 0.25) is 0 Å². The zero-order chi connectivity index (χ0) is 10.3. The van der Waals surface area contributed by atoms with Crippen LogP contribution in [0.5, 0.6) is 0 Å². The highest BCUT2D eigenvalue weighted by molar-refractivity contribution is 4.89. The molecule has 3 nitrogen and oxygen atoms in total. The van der Waals surface area contributed by atoms with E-state index >= 15 is 0 Å². The lowest BCUT2D eigenvalue weighted by Gasteiger charge is -2.25. The van der Waals surface area contributed by atoms with Crippen LogP contribution in [0.25, 0.3) is 0 Å². The maximum Gasteiger partial charge on any atom is 0.0949 e. The molecule has 0 aliphatic heterocycles. The molecule has 1 unspecified atom stereocenters. The zero-order valence-corrected chi connectivity index (χ0v) is 8.62. The van der Waals surface area contributed by atoms with Gasteiger partial charge in [-0.2, -0.15) is 10.5 Å². The van der Waals surface area contributed by atoms with E-state index in [1.165, 1.54) is 0 Å². The normalized spacial score (nSPS) is 12.5. The van der Waals surface area contributed by atoms with Crippen LogP contribution in [0.3, 0.4) is 0 Å². The van der Waals surface area contributed by atoms with Crippen LogP contribution in [0.4, 0.5) is 0 Å². The average Bonchev–Trinajstić information content (AvgIpc) is 2.10. The molecule has 0 saturated carbocycles. The van der Waals surface area contributed by atoms with E-state index in [-0.39, 0.29) is 6.04 Å². The van der Waals surface area contributed by atoms with Crippen LogP contribution >= 0.6 is 0 Å². The van der Waals surface area contributed by atoms with Crippen LogP contribution in [-0.4, -0.2) is 24.0 Å². The van der Waals surface area contributed by atoms with Crippen molar-refractivity contribution in [2.45, 2.75) is 33.2 Å². The standard InChI is InChI=1S/C10H17N3/c1-9(2)8-13(6-4-5-11)10(3)7-12/h9-10H,4,6,8H2,1-3H3. The van der Waals surface area contributed by atoms with Crippen molar-refractivity contribution in [2.75, 3.05) is 13.1 Å². The molecule has 0 N–H and O–H groups in total. The quantitative estimate of drug-likeness (QED) is 0.646. The highest BCUT2D eigenvalue weighted by Gasteiger charge is 2.13. The minimum atomic E-state index is -0.0873. The molecule has 0 bridgehead atoms. The van der Waals surface area contributed by atoms with Gasteiger partial charge in [0.25, 0.3) is 0 Å². The van der Waals surface area contributed by atoms with Gasteiger partial charge in [0.05, 0.1) is 18.2 Å². The Labute approximate surface area is 80.6 Å². The molecule has 0 aromatic heterocycles. The Kier molecular flexibility index (Phi) is 5.93. The van der Waals surface area contributed by atoms with E-state index in [0.717, 1.165) is 6.54 Å². The van der Waals surface area contributed by atoms with Gasteiger partial charge in [-0.05, 0) is 12.8 Å². The summed E-state index contributed by atoms with van der Waals surface area (Å²) in [4.78, 5) is 2.05. The van der Waals surface area contributed by atoms with Crippen molar-refractivity contribution >= 4 is 0 Å². The van der Waals surface area contributed by atoms with E-state index < -0.39 is 0 Å². The third-order valence-corrected chi connectivity index (χ3v) is 1.85. The van der Waals surface area contributed by atoms with Crippen molar-refractivity contribution in [1.29, 1.82) is 10.5 Å². The van der Waals surface area contributed by atoms with Crippen molar-refractivity contribution < 1.29 is 0 Å². The Bertz CT molecular complexity index is 209. The monoisotopic (exact) mass is 179 g/mol. The second kappa shape index (κ2) is 6.46. The van der Waals surface area contributed by atoms with E-state index in [0.29, 0.717) is 18.9 Å². The van der Waals surface area contributed by atoms with Crippen LogP contribution in [0.15, 0.2) is 0 Å². The third kappa shape index (κ3) is 5.22. The van der Waals surface area contributed by atoms with Gasteiger partial charge in [-0.3, -0.25) is 4.90 Å². The Morgan fingerprint density at radius 3 is 2.23 bits per heavy atom. The molecule has 0 aromatic carbocycles. The summed E-state index contributed by atoms with van der Waals surface area (Å²) in [7, 11) is 0. The Morgan fingerprint density at radius 2 is 1.85 bits per heavy atom. The van der Waals surface area contributed by atoms with E-state index in [1.54, 1.807) is 0 Å². The largest absolute Gasteiger partial charge is 0.287 e. The Balaban J connectivity index is 4.05. The van der Waals surface area contributed by atoms with Gasteiger partial charge < -0.3 is 0 Å². The van der Waals surface area contributed by atoms with Gasteiger partial charge in [0, 0.05) is 19.5 Å². The van der Waals surface area contributed by atoms with E-state index in [2.05, 4.69) is 26.0 Å². The first kappa shape index (κ1) is 11.9. The third-order valence-electron chi connectivity index (χ3n) is 1.85. The van der Waals surface area contributed by atoms with Crippen molar-refractivity contribution in [3.05, 3.63) is 0 Å². The molecule has 72 valence electrons. The minimum Gasteiger partial charge on any atom is -0.287 e. The number of rotatable bonds is 5. The van der Waals surface area contributed by atoms with Crippen LogP contribution < -0.4 is 0 Å². The molecule has 13 heavy (non-hydrogen) atoms. The van der Waals surface area contributed by atoms with E-state index in [9.17, 15) is 0 Å². The Morgan fingerprint density at radius 1 is 1.23 bits per heavy atom. The molecule has 0 fully saturated rings. The molecule has 1 atom stereocenters. The molecule has 0 aliphatic rings. The van der Waals surface area contributed by atoms with Crippen molar-refractivity contribution in [2.24, 2.45) is 5.92 Å². The SMILES string of the molecule is CC(C)CN(CCC#N)C(C)C#N. The molecule has 0 aromatic rings. The lowest BCUT2D eigenvalue weighted by Crippen LogP contribution is -2.35. The molecule has 3 heteroatoms. The molecular weight excluding hydrogens is 162 g/mol. The van der Waals surface area contributed by atoms with Gasteiger partial charge in [0.1, 0.15) is 0 Å². The minimum absolute atomic E-state index is 0.0873. The number of hydrogen-bond donors (Lipinski definition) is 0. The summed E-state index contributed by atoms with van der Waals surface area (Å²) < 4.78 is 0. The average molecular weight is 179 g/mol. The van der Waals surface area contributed by atoms with Crippen LogP contribution in [-0.2, 0) is 0 Å². The lowest BCUT2D eigenvalue weighted by atomic mass is 10.1. The lowest BCUT2D eigenvalue weighted by molar-refractivity contribution is 0.224. The molecule has 0 rings (SSSR count). The van der Waals surface area contributed by atoms with Gasteiger partial charge in [0.15, 0.2) is 0 Å². The zero-order valence-electron chi connectivity index (χ0n) is 8.62. The highest BCUT2D eigenvalue weighted by atomic mass is 15.1. The van der Waals surface area contributed by atoms with Crippen molar-refractivity contribution in [1.82, 2.24) is 4.90 Å². The second-order valence-corrected chi connectivity index (χ2v) is 3.60. The molecule has 0 amide bonds. The number of nitrogens with zero attached hydrogens (tertiary/aromatic N) is 3. The molecular formula is C10H17N3. The van der Waals surface area contributed by atoms with Gasteiger partial charge in [-0.1, -0.05) is 13.8 Å². The predicted molar refractivity (Wildman–Crippen MR) is 51.7 cm³/mol. The topological polar surface area (TPSA) is 50.8 Å². The molecule has 0 radical (unpaired) electrons. The summed E-state index contributed by atoms with van der Waals surface area (Å²) in [6.07, 6.45) is 0.499. The van der Waals surface area contributed by atoms with Gasteiger partial charge in [-0.25, -0.2) is 0 Å². The first-order chi connectivity index (χ1) is 6.11. The van der Waals surface area contributed by atoms with Crippen molar-refractivity contribution in [3.8, 4) is 12.1 Å². The highest BCUT2D eigenvalue weighted by Crippen LogP contribution is 2.04. The van der Waals surface area contributed by atoms with Crippen LogP contribution in [0, 0.1) is 28.6 Å². The molecule has 0 aliphatic carbocycles. The fraction of sp³-hybridized carbons (Fsp3) is 0.800. The summed E-state index contributed by atoms with van der Waals surface area (Å²) >= 11 is 0. The first-order valence-electron chi connectivity index (χ1n) is 4.62. The summed E-state index contributed by atoms with van der Waals surface area (Å²) in [5, 5.41) is 17.2. The van der Waals surface area contributed by atoms with Gasteiger partial charge >= 0.3 is 0 Å². The Hall–Kier alpha value is -1.06. The maximum atomic E-state index is 8.74. The van der Waals surface area contributed by atoms with Gasteiger partial charge in [-0.15, -0.1) is 0 Å². The molecule has 0 saturated heterocycles. The predicted octanol–water partition coefficient (Wildman–Crippen LogP) is 1.77. The number of nitriles is 2. The first-order valence-corrected chi connectivity index (χ1v) is 4.62. The number of hydrogen-bond acceptors (Lipinski definition) is 3. The fourth-order valence-corrected chi connectivity index (χ4v) is 1.19. The second-order valence-electron chi connectivity index (χ2n) is 3.60. The molecule has 0 spiro atoms. The maximum absolute atomic E-state index is 8.74. The van der Waals surface area contributed by atoms with E-state index in [4.69, 9.17) is 10.5 Å². The summed E-state index contributed by atoms with van der Waals surface area (Å²) in [5.41, 5.74) is 0. The summed E-state index contributed by atoms with van der Waals surface area (Å²) in [6.45, 7) is 7.69. The van der Waals surface area contributed by atoms with E-state index in [1.807, 2.05) is 11.8 Å². The summed E-state index contributed by atoms with van der Waals surface area (Å²) in [5.74, 6) is 0.537. The fourth-order valence-electron chi connectivity index (χ4n) is 1.19. The summed E-state index contributed by atoms with van der Waals surface area (Å²) in [6, 6.07) is 4.21. The van der Waals surface area contributed by atoms with Crippen LogP contribution in [0.1, 0.15) is 27.2 Å².